The minimum absolute atomic E-state index is 0.0741. The van der Waals surface area contributed by atoms with Crippen LogP contribution >= 0.6 is 0 Å². The highest BCUT2D eigenvalue weighted by Crippen LogP contribution is 2.09. The molecule has 1 aliphatic rings. The van der Waals surface area contributed by atoms with Gasteiger partial charge in [-0.1, -0.05) is 0 Å². The van der Waals surface area contributed by atoms with Gasteiger partial charge in [0.1, 0.15) is 0 Å². The van der Waals surface area contributed by atoms with Gasteiger partial charge >= 0.3 is 0 Å². The maximum absolute atomic E-state index is 8.95. The molecule has 0 aromatic rings. The predicted octanol–water partition coefficient (Wildman–Crippen LogP) is -1.03. The van der Waals surface area contributed by atoms with Gasteiger partial charge in [-0.05, 0) is 7.05 Å². The first-order valence-corrected chi connectivity index (χ1v) is 2.84. The zero-order valence-electron chi connectivity index (χ0n) is 5.04. The molecule has 0 aliphatic carbocycles. The van der Waals surface area contributed by atoms with Gasteiger partial charge in [-0.2, -0.15) is 0 Å². The van der Waals surface area contributed by atoms with E-state index in [2.05, 4.69) is 0 Å². The Morgan fingerprint density at radius 2 is 2.38 bits per heavy atom. The summed E-state index contributed by atoms with van der Waals surface area (Å²) in [5.74, 6) is 0. The van der Waals surface area contributed by atoms with Crippen LogP contribution in [0.5, 0.6) is 0 Å². The van der Waals surface area contributed by atoms with Gasteiger partial charge in [0.2, 0.25) is 0 Å². The number of aliphatic hydroxyl groups is 1. The lowest BCUT2D eigenvalue weighted by atomic mass is 10.3. The van der Waals surface area contributed by atoms with Gasteiger partial charge < -0.3 is 10.8 Å². The van der Waals surface area contributed by atoms with Crippen molar-refractivity contribution < 1.29 is 5.11 Å². The SMILES string of the molecule is CN1CC(O)CC1N. The Labute approximate surface area is 49.1 Å². The summed E-state index contributed by atoms with van der Waals surface area (Å²) >= 11 is 0. The van der Waals surface area contributed by atoms with Crippen molar-refractivity contribution in [3.63, 3.8) is 0 Å². The highest BCUT2D eigenvalue weighted by atomic mass is 16.3. The third kappa shape index (κ3) is 0.992. The van der Waals surface area contributed by atoms with Crippen molar-refractivity contribution in [1.29, 1.82) is 0 Å². The number of rotatable bonds is 0. The lowest BCUT2D eigenvalue weighted by Gasteiger charge is -2.11. The Kier molecular flexibility index (Phi) is 1.51. The second kappa shape index (κ2) is 2.01. The molecule has 8 heavy (non-hydrogen) atoms. The van der Waals surface area contributed by atoms with E-state index in [0.717, 1.165) is 13.0 Å². The highest BCUT2D eigenvalue weighted by Gasteiger charge is 2.23. The van der Waals surface area contributed by atoms with Crippen molar-refractivity contribution in [1.82, 2.24) is 4.90 Å². The number of hydrogen-bond acceptors (Lipinski definition) is 3. The van der Waals surface area contributed by atoms with E-state index in [4.69, 9.17) is 10.8 Å². The standard InChI is InChI=1S/C5H12N2O/c1-7-3-4(8)2-5(7)6/h4-5,8H,2-3,6H2,1H3. The topological polar surface area (TPSA) is 49.5 Å². The third-order valence-corrected chi connectivity index (χ3v) is 1.58. The van der Waals surface area contributed by atoms with Gasteiger partial charge in [0.25, 0.3) is 0 Å². The second-order valence-corrected chi connectivity index (χ2v) is 2.40. The first-order chi connectivity index (χ1) is 3.70. The largest absolute Gasteiger partial charge is 0.392 e. The van der Waals surface area contributed by atoms with E-state index in [1.54, 1.807) is 0 Å². The van der Waals surface area contributed by atoms with Crippen LogP contribution in [0.3, 0.4) is 0 Å². The quantitative estimate of drug-likeness (QED) is 0.425. The van der Waals surface area contributed by atoms with E-state index < -0.39 is 0 Å². The summed E-state index contributed by atoms with van der Waals surface area (Å²) in [4.78, 5) is 1.95. The Balaban J connectivity index is 2.39. The fourth-order valence-electron chi connectivity index (χ4n) is 1.00. The van der Waals surface area contributed by atoms with E-state index in [0.29, 0.717) is 0 Å². The molecule has 3 N–H and O–H groups in total. The van der Waals surface area contributed by atoms with Gasteiger partial charge in [0.05, 0.1) is 12.3 Å². The molecule has 2 unspecified atom stereocenters. The van der Waals surface area contributed by atoms with Crippen LogP contribution in [-0.2, 0) is 0 Å². The van der Waals surface area contributed by atoms with Crippen molar-refractivity contribution in [2.75, 3.05) is 13.6 Å². The molecule has 1 rings (SSSR count). The molecular formula is C5H12N2O. The first kappa shape index (κ1) is 6.01. The average molecular weight is 116 g/mol. The summed E-state index contributed by atoms with van der Waals surface area (Å²) in [6, 6.07) is 0. The van der Waals surface area contributed by atoms with Crippen LogP contribution in [0.1, 0.15) is 6.42 Å². The van der Waals surface area contributed by atoms with Crippen molar-refractivity contribution in [2.45, 2.75) is 18.7 Å². The molecule has 0 radical (unpaired) electrons. The molecule has 1 aliphatic heterocycles. The van der Waals surface area contributed by atoms with Crippen molar-refractivity contribution in [3.05, 3.63) is 0 Å². The number of β-amino-alcohol motifs (C(OH)–C–C–N with tert-alkyl or cyclic N) is 1. The summed E-state index contributed by atoms with van der Waals surface area (Å²) in [6.45, 7) is 0.723. The van der Waals surface area contributed by atoms with Crippen LogP contribution in [0.15, 0.2) is 0 Å². The number of aliphatic hydroxyl groups excluding tert-OH is 1. The molecule has 3 nitrogen and oxygen atoms in total. The molecule has 0 bridgehead atoms. The summed E-state index contributed by atoms with van der Waals surface area (Å²) in [6.07, 6.45) is 0.594. The van der Waals surface area contributed by atoms with Crippen molar-refractivity contribution in [3.8, 4) is 0 Å². The molecular weight excluding hydrogens is 104 g/mol. The van der Waals surface area contributed by atoms with E-state index in [1.165, 1.54) is 0 Å². The van der Waals surface area contributed by atoms with Crippen LogP contribution < -0.4 is 5.73 Å². The monoisotopic (exact) mass is 116 g/mol. The molecule has 1 fully saturated rings. The molecule has 0 aromatic carbocycles. The molecule has 0 aromatic heterocycles. The van der Waals surface area contributed by atoms with Gasteiger partial charge in [-0.3, -0.25) is 4.90 Å². The van der Waals surface area contributed by atoms with Crippen LogP contribution in [0.25, 0.3) is 0 Å². The molecule has 0 spiro atoms. The molecule has 2 atom stereocenters. The number of nitrogens with zero attached hydrogens (tertiary/aromatic N) is 1. The smallest absolute Gasteiger partial charge is 0.0695 e. The van der Waals surface area contributed by atoms with Crippen LogP contribution in [0, 0.1) is 0 Å². The van der Waals surface area contributed by atoms with Crippen molar-refractivity contribution >= 4 is 0 Å². The minimum atomic E-state index is -0.199. The summed E-state index contributed by atoms with van der Waals surface area (Å²) < 4.78 is 0. The maximum atomic E-state index is 8.95. The molecule has 1 saturated heterocycles. The van der Waals surface area contributed by atoms with Crippen LogP contribution in [0.2, 0.25) is 0 Å². The predicted molar refractivity (Wildman–Crippen MR) is 31.2 cm³/mol. The van der Waals surface area contributed by atoms with Gasteiger partial charge in [-0.15, -0.1) is 0 Å². The van der Waals surface area contributed by atoms with E-state index >= 15 is 0 Å². The fraction of sp³-hybridized carbons (Fsp3) is 1.00. The first-order valence-electron chi connectivity index (χ1n) is 2.84. The van der Waals surface area contributed by atoms with Crippen molar-refractivity contribution in [2.24, 2.45) is 5.73 Å². The second-order valence-electron chi connectivity index (χ2n) is 2.40. The average Bonchev–Trinajstić information content (AvgIpc) is 1.85. The maximum Gasteiger partial charge on any atom is 0.0695 e. The Morgan fingerprint density at radius 1 is 1.75 bits per heavy atom. The number of nitrogens with two attached hydrogens (primary N) is 1. The summed E-state index contributed by atoms with van der Waals surface area (Å²) in [5.41, 5.74) is 5.53. The lowest BCUT2D eigenvalue weighted by molar-refractivity contribution is 0.182. The Morgan fingerprint density at radius 3 is 2.50 bits per heavy atom. The Hall–Kier alpha value is -0.120. The molecule has 0 saturated carbocycles. The zero-order valence-corrected chi connectivity index (χ0v) is 5.04. The van der Waals surface area contributed by atoms with Crippen LogP contribution in [0.4, 0.5) is 0 Å². The van der Waals surface area contributed by atoms with Gasteiger partial charge in [-0.25, -0.2) is 0 Å². The fourth-order valence-corrected chi connectivity index (χ4v) is 1.00. The van der Waals surface area contributed by atoms with Crippen LogP contribution in [-0.4, -0.2) is 35.9 Å². The Bertz CT molecular complexity index is 76.5. The highest BCUT2D eigenvalue weighted by molar-refractivity contribution is 4.77. The molecule has 1 heterocycles. The molecule has 48 valence electrons. The number of likely N-dealkylation sites (tertiary alicyclic amines) is 1. The molecule has 0 amide bonds. The van der Waals surface area contributed by atoms with E-state index in [1.807, 2.05) is 11.9 Å². The van der Waals surface area contributed by atoms with E-state index in [-0.39, 0.29) is 12.3 Å². The normalized spacial score (nSPS) is 40.9. The minimum Gasteiger partial charge on any atom is -0.392 e. The summed E-state index contributed by atoms with van der Waals surface area (Å²) in [7, 11) is 1.92. The van der Waals surface area contributed by atoms with Gasteiger partial charge in [0, 0.05) is 13.0 Å². The van der Waals surface area contributed by atoms with E-state index in [9.17, 15) is 0 Å². The van der Waals surface area contributed by atoms with Gasteiger partial charge in [0.15, 0.2) is 0 Å². The number of likely N-dealkylation sites (N-methyl/N-ethyl adjacent to an activating group) is 1. The summed E-state index contributed by atoms with van der Waals surface area (Å²) in [5, 5.41) is 8.95. The lowest BCUT2D eigenvalue weighted by Crippen LogP contribution is -2.32. The zero-order chi connectivity index (χ0) is 6.15. The number of hydrogen-bond donors (Lipinski definition) is 2. The molecule has 3 heteroatoms. The third-order valence-electron chi connectivity index (χ3n) is 1.58.